The molecule has 13 heteroatoms. The summed E-state index contributed by atoms with van der Waals surface area (Å²) >= 11 is 0. The third-order valence-corrected chi connectivity index (χ3v) is 8.25. The second-order valence-electron chi connectivity index (χ2n) is 5.82. The molecule has 0 spiro atoms. The van der Waals surface area contributed by atoms with Gasteiger partial charge in [0, 0.05) is 23.1 Å². The third-order valence-electron chi connectivity index (χ3n) is 4.00. The van der Waals surface area contributed by atoms with Crippen LogP contribution < -0.4 is 4.74 Å². The van der Waals surface area contributed by atoms with E-state index in [0.29, 0.717) is 33.3 Å². The Hall–Kier alpha value is -1.96. The number of hydrogen-bond acceptors (Lipinski definition) is 7. The number of nitrogens with zero attached hydrogens (tertiary/aromatic N) is 2. The maximum atomic E-state index is 13.5. The van der Waals surface area contributed by atoms with Crippen molar-refractivity contribution in [2.24, 2.45) is 0 Å². The van der Waals surface area contributed by atoms with E-state index in [1.165, 1.54) is 19.4 Å². The van der Waals surface area contributed by atoms with Gasteiger partial charge in [-0.25, -0.2) is 4.98 Å². The van der Waals surface area contributed by atoms with Crippen LogP contribution >= 0.6 is 20.6 Å². The number of ether oxygens (including phenoxy) is 1. The number of hydrogen-bond donors (Lipinski definition) is 2. The Bertz CT molecular complexity index is 1160. The molecule has 3 aromatic rings. The Morgan fingerprint density at radius 2 is 2.00 bits per heavy atom. The molecule has 0 amide bonds. The summed E-state index contributed by atoms with van der Waals surface area (Å²) < 4.78 is 76.3. The number of aromatic nitrogens is 3. The standard InChI is InChI=1S/C16H14F3N3O4S3/c1-8-12(26-2)5-6-20-13(8)15-21-11-4-3-10(16(17,18)19)9(14(11)22-15)7-27-28-29(23,24)25/h3-6H,7H2,1-2H3,(H,21,22)(H,23,24,25). The molecule has 7 nitrogen and oxygen atoms in total. The monoisotopic (exact) mass is 465 g/mol. The molecule has 3 rings (SSSR count). The van der Waals surface area contributed by atoms with Crippen LogP contribution in [0.25, 0.3) is 22.6 Å². The number of rotatable bonds is 6. The predicted molar refractivity (Wildman–Crippen MR) is 106 cm³/mol. The van der Waals surface area contributed by atoms with Gasteiger partial charge in [-0.05, 0) is 25.1 Å². The van der Waals surface area contributed by atoms with E-state index in [1.807, 2.05) is 0 Å². The minimum atomic E-state index is -4.66. The van der Waals surface area contributed by atoms with Gasteiger partial charge in [-0.3, -0.25) is 9.54 Å². The number of nitrogens with one attached hydrogen (secondary N) is 1. The first-order valence-corrected chi connectivity index (χ1v) is 12.2. The van der Waals surface area contributed by atoms with Crippen LogP contribution in [0.2, 0.25) is 0 Å². The molecular formula is C16H14F3N3O4S3. The number of benzene rings is 1. The van der Waals surface area contributed by atoms with Crippen molar-refractivity contribution in [1.82, 2.24) is 15.0 Å². The van der Waals surface area contributed by atoms with Gasteiger partial charge in [-0.15, -0.1) is 0 Å². The van der Waals surface area contributed by atoms with E-state index >= 15 is 0 Å². The summed E-state index contributed by atoms with van der Waals surface area (Å²) in [5.41, 5.74) is 0.329. The van der Waals surface area contributed by atoms with Gasteiger partial charge >= 0.3 is 15.3 Å². The number of imidazole rings is 1. The molecule has 1 aromatic carbocycles. The summed E-state index contributed by atoms with van der Waals surface area (Å²) in [6.45, 7) is 1.75. The Balaban J connectivity index is 2.13. The van der Waals surface area contributed by atoms with E-state index in [0.717, 1.165) is 6.07 Å². The molecule has 2 heterocycles. The van der Waals surface area contributed by atoms with Gasteiger partial charge < -0.3 is 9.72 Å². The number of methoxy groups -OCH3 is 1. The van der Waals surface area contributed by atoms with Crippen molar-refractivity contribution in [2.75, 3.05) is 7.11 Å². The minimum Gasteiger partial charge on any atom is -0.496 e. The average molecular weight is 466 g/mol. The van der Waals surface area contributed by atoms with Gasteiger partial charge in [0.05, 0.1) is 33.5 Å². The summed E-state index contributed by atoms with van der Waals surface area (Å²) in [4.78, 5) is 11.5. The van der Waals surface area contributed by atoms with Crippen molar-refractivity contribution in [2.45, 2.75) is 18.9 Å². The molecule has 0 bridgehead atoms. The fourth-order valence-electron chi connectivity index (χ4n) is 2.78. The molecule has 156 valence electrons. The molecular weight excluding hydrogens is 451 g/mol. The van der Waals surface area contributed by atoms with Crippen molar-refractivity contribution in [3.8, 4) is 17.3 Å². The lowest BCUT2D eigenvalue weighted by atomic mass is 10.1. The smallest absolute Gasteiger partial charge is 0.416 e. The highest BCUT2D eigenvalue weighted by Crippen LogP contribution is 2.40. The highest BCUT2D eigenvalue weighted by molar-refractivity contribution is 9.05. The van der Waals surface area contributed by atoms with E-state index in [9.17, 15) is 21.6 Å². The molecule has 2 N–H and O–H groups in total. The van der Waals surface area contributed by atoms with E-state index in [1.54, 1.807) is 13.0 Å². The van der Waals surface area contributed by atoms with Gasteiger partial charge in [0.15, 0.2) is 5.82 Å². The summed E-state index contributed by atoms with van der Waals surface area (Å²) in [5.74, 6) is 0.460. The molecule has 0 aliphatic rings. The highest BCUT2D eigenvalue weighted by Gasteiger charge is 2.35. The topological polar surface area (TPSA) is 105 Å². The SMILES string of the molecule is COc1ccnc(-c2nc3c(CSSS(=O)(=O)O)c(C(F)(F)F)ccc3[nH]2)c1C. The number of pyridine rings is 1. The Morgan fingerprint density at radius 3 is 2.62 bits per heavy atom. The normalized spacial score (nSPS) is 12.5. The summed E-state index contributed by atoms with van der Waals surface area (Å²) in [6, 6.07) is 3.82. The van der Waals surface area contributed by atoms with Crippen molar-refractivity contribution >= 4 is 40.8 Å². The van der Waals surface area contributed by atoms with Gasteiger partial charge in [0.2, 0.25) is 0 Å². The number of alkyl halides is 3. The fourth-order valence-corrected chi connectivity index (χ4v) is 5.75. The predicted octanol–water partition coefficient (Wildman–Crippen LogP) is 4.64. The molecule has 29 heavy (non-hydrogen) atoms. The zero-order valence-electron chi connectivity index (χ0n) is 14.9. The first kappa shape index (κ1) is 21.7. The summed E-state index contributed by atoms with van der Waals surface area (Å²) in [6.07, 6.45) is -3.16. The average Bonchev–Trinajstić information content (AvgIpc) is 3.04. The molecule has 0 fully saturated rings. The zero-order chi connectivity index (χ0) is 21.4. The van der Waals surface area contributed by atoms with Gasteiger partial charge in [0.25, 0.3) is 0 Å². The second kappa shape index (κ2) is 8.05. The lowest BCUT2D eigenvalue weighted by molar-refractivity contribution is -0.138. The molecule has 0 atom stereocenters. The molecule has 0 aliphatic carbocycles. The van der Waals surface area contributed by atoms with Gasteiger partial charge in [-0.2, -0.15) is 21.6 Å². The highest BCUT2D eigenvalue weighted by atomic mass is 33.5. The second-order valence-corrected chi connectivity index (χ2v) is 10.9. The van der Waals surface area contributed by atoms with E-state index in [4.69, 9.17) is 9.29 Å². The zero-order valence-corrected chi connectivity index (χ0v) is 17.4. The molecule has 0 radical (unpaired) electrons. The first-order chi connectivity index (χ1) is 13.5. The molecule has 0 aliphatic heterocycles. The molecule has 2 aromatic heterocycles. The van der Waals surface area contributed by atoms with Crippen LogP contribution in [0.4, 0.5) is 13.2 Å². The van der Waals surface area contributed by atoms with Crippen LogP contribution in [0.3, 0.4) is 0 Å². The first-order valence-electron chi connectivity index (χ1n) is 7.88. The lowest BCUT2D eigenvalue weighted by Gasteiger charge is -2.12. The Kier molecular flexibility index (Phi) is 6.03. The van der Waals surface area contributed by atoms with Crippen molar-refractivity contribution < 1.29 is 30.9 Å². The van der Waals surface area contributed by atoms with Crippen molar-refractivity contribution in [1.29, 1.82) is 0 Å². The summed E-state index contributed by atoms with van der Waals surface area (Å²) in [5, 5.41) is 0. The van der Waals surface area contributed by atoms with Crippen LogP contribution in [-0.4, -0.2) is 35.0 Å². The third kappa shape index (κ3) is 4.79. The van der Waals surface area contributed by atoms with E-state index < -0.39 is 20.9 Å². The van der Waals surface area contributed by atoms with Crippen LogP contribution in [-0.2, 0) is 21.1 Å². The Labute approximate surface area is 171 Å². The van der Waals surface area contributed by atoms with Crippen molar-refractivity contribution in [3.05, 3.63) is 41.1 Å². The fraction of sp³-hybridized carbons (Fsp3) is 0.250. The minimum absolute atomic E-state index is 0.0438. The van der Waals surface area contributed by atoms with Gasteiger partial charge in [-0.1, -0.05) is 10.8 Å². The van der Waals surface area contributed by atoms with Crippen molar-refractivity contribution in [3.63, 3.8) is 0 Å². The number of fused-ring (bicyclic) bond motifs is 1. The number of halogens is 3. The van der Waals surface area contributed by atoms with Crippen LogP contribution in [0.5, 0.6) is 5.75 Å². The molecule has 0 unspecified atom stereocenters. The van der Waals surface area contributed by atoms with Gasteiger partial charge in [0.1, 0.15) is 11.4 Å². The quantitative estimate of drug-likeness (QED) is 0.401. The maximum Gasteiger partial charge on any atom is 0.416 e. The lowest BCUT2D eigenvalue weighted by Crippen LogP contribution is -2.09. The number of aromatic amines is 1. The number of H-pyrrole nitrogens is 1. The largest absolute Gasteiger partial charge is 0.496 e. The Morgan fingerprint density at radius 1 is 1.28 bits per heavy atom. The van der Waals surface area contributed by atoms with Crippen LogP contribution in [0, 0.1) is 6.92 Å². The summed E-state index contributed by atoms with van der Waals surface area (Å²) in [7, 11) is -2.27. The van der Waals surface area contributed by atoms with E-state index in [2.05, 4.69) is 15.0 Å². The maximum absolute atomic E-state index is 13.5. The molecule has 0 saturated heterocycles. The molecule has 0 saturated carbocycles. The van der Waals surface area contributed by atoms with Crippen LogP contribution in [0.1, 0.15) is 16.7 Å². The van der Waals surface area contributed by atoms with Crippen LogP contribution in [0.15, 0.2) is 24.4 Å². The van der Waals surface area contributed by atoms with E-state index in [-0.39, 0.29) is 32.5 Å².